The molecular weight excluding hydrogens is 396 g/mol. The minimum atomic E-state index is -2.01. The van der Waals surface area contributed by atoms with Gasteiger partial charge in [-0.3, -0.25) is 4.79 Å². The molecule has 1 saturated carbocycles. The van der Waals surface area contributed by atoms with E-state index in [1.165, 1.54) is 0 Å². The first-order chi connectivity index (χ1) is 13.5. The van der Waals surface area contributed by atoms with Gasteiger partial charge in [0.25, 0.3) is 0 Å². The van der Waals surface area contributed by atoms with E-state index in [2.05, 4.69) is 10.3 Å². The van der Waals surface area contributed by atoms with Gasteiger partial charge in [0.1, 0.15) is 5.82 Å². The van der Waals surface area contributed by atoms with Crippen LogP contribution in [-0.2, 0) is 21.3 Å². The van der Waals surface area contributed by atoms with E-state index in [1.807, 2.05) is 24.3 Å². The quantitative estimate of drug-likeness (QED) is 0.597. The summed E-state index contributed by atoms with van der Waals surface area (Å²) in [6.45, 7) is 0. The first-order valence-corrected chi connectivity index (χ1v) is 10.2. The minimum Gasteiger partial charge on any atom is -0.310 e. The first kappa shape index (κ1) is 18.8. The maximum atomic E-state index is 12.9. The van der Waals surface area contributed by atoms with Crippen molar-refractivity contribution in [2.75, 3.05) is 5.32 Å². The highest BCUT2D eigenvalue weighted by molar-refractivity contribution is 7.79. The Morgan fingerprint density at radius 2 is 1.71 bits per heavy atom. The normalized spacial score (nSPS) is 15.6. The molecule has 2 N–H and O–H groups in total. The third-order valence-corrected chi connectivity index (χ3v) is 5.85. The summed E-state index contributed by atoms with van der Waals surface area (Å²) in [5.41, 5.74) is 1.90. The van der Waals surface area contributed by atoms with Crippen LogP contribution in [0.15, 0.2) is 71.6 Å². The van der Waals surface area contributed by atoms with Crippen LogP contribution < -0.4 is 5.32 Å². The molecule has 3 aromatic rings. The molecule has 1 heterocycles. The van der Waals surface area contributed by atoms with E-state index in [-0.39, 0.29) is 5.91 Å². The number of amides is 1. The summed E-state index contributed by atoms with van der Waals surface area (Å²) in [6, 6.07) is 19.4. The Morgan fingerprint density at radius 1 is 1.04 bits per heavy atom. The molecule has 1 unspecified atom stereocenters. The Bertz CT molecular complexity index is 1050. The fourth-order valence-corrected chi connectivity index (χ4v) is 3.68. The maximum Gasteiger partial charge on any atom is 0.236 e. The van der Waals surface area contributed by atoms with Gasteiger partial charge in [-0.2, -0.15) is 0 Å². The maximum absolute atomic E-state index is 12.9. The highest BCUT2D eigenvalue weighted by Crippen LogP contribution is 2.49. The summed E-state index contributed by atoms with van der Waals surface area (Å²) in [4.78, 5) is 17.7. The van der Waals surface area contributed by atoms with Crippen LogP contribution in [0.4, 0.5) is 5.82 Å². The van der Waals surface area contributed by atoms with E-state index >= 15 is 0 Å². The molecule has 1 amide bonds. The van der Waals surface area contributed by atoms with Gasteiger partial charge in [-0.05, 0) is 54.8 Å². The molecule has 142 valence electrons. The van der Waals surface area contributed by atoms with Crippen molar-refractivity contribution in [3.63, 3.8) is 0 Å². The van der Waals surface area contributed by atoms with Crippen molar-refractivity contribution in [2.45, 2.75) is 23.2 Å². The summed E-state index contributed by atoms with van der Waals surface area (Å²) in [6.07, 6.45) is 1.58. The monoisotopic (exact) mass is 412 g/mol. The van der Waals surface area contributed by atoms with Crippen LogP contribution in [0.1, 0.15) is 18.4 Å². The number of nitrogens with zero attached hydrogens (tertiary/aromatic N) is 1. The average Bonchev–Trinajstić information content (AvgIpc) is 3.51. The number of carbonyl (C=O) groups is 1. The van der Waals surface area contributed by atoms with Crippen molar-refractivity contribution < 1.29 is 13.6 Å². The summed E-state index contributed by atoms with van der Waals surface area (Å²) >= 11 is 3.94. The van der Waals surface area contributed by atoms with E-state index in [4.69, 9.17) is 16.2 Å². The van der Waals surface area contributed by atoms with Crippen LogP contribution in [0.3, 0.4) is 0 Å². The molecule has 2 aromatic carbocycles. The molecule has 5 nitrogen and oxygen atoms in total. The smallest absolute Gasteiger partial charge is 0.236 e. The van der Waals surface area contributed by atoms with Crippen molar-refractivity contribution in [1.29, 1.82) is 0 Å². The van der Waals surface area contributed by atoms with Gasteiger partial charge in [-0.25, -0.2) is 9.19 Å². The lowest BCUT2D eigenvalue weighted by Crippen LogP contribution is -2.28. The third-order valence-electron chi connectivity index (χ3n) is 4.92. The van der Waals surface area contributed by atoms with Gasteiger partial charge in [0.05, 0.1) is 16.0 Å². The molecule has 7 heteroatoms. The van der Waals surface area contributed by atoms with Crippen LogP contribution in [0.2, 0.25) is 5.02 Å². The van der Waals surface area contributed by atoms with Gasteiger partial charge in [-0.1, -0.05) is 41.9 Å². The predicted molar refractivity (Wildman–Crippen MR) is 110 cm³/mol. The van der Waals surface area contributed by atoms with Crippen molar-refractivity contribution in [1.82, 2.24) is 4.98 Å². The van der Waals surface area contributed by atoms with E-state index in [1.54, 1.807) is 42.5 Å². The molecule has 1 aliphatic rings. The van der Waals surface area contributed by atoms with Crippen LogP contribution in [0.5, 0.6) is 0 Å². The number of hydrogen-bond acceptors (Lipinski definition) is 3. The zero-order valence-corrected chi connectivity index (χ0v) is 16.3. The number of aromatic nitrogens is 1. The van der Waals surface area contributed by atoms with Crippen molar-refractivity contribution in [3.05, 3.63) is 77.3 Å². The van der Waals surface area contributed by atoms with Gasteiger partial charge in [0.2, 0.25) is 5.91 Å². The third kappa shape index (κ3) is 3.71. The fraction of sp³-hybridized carbons (Fsp3) is 0.143. The Morgan fingerprint density at radius 3 is 2.32 bits per heavy atom. The highest BCUT2D eigenvalue weighted by Gasteiger charge is 2.51. The Balaban J connectivity index is 1.54. The van der Waals surface area contributed by atoms with Crippen LogP contribution in [0, 0.1) is 0 Å². The van der Waals surface area contributed by atoms with E-state index in [0.717, 1.165) is 24.0 Å². The molecular formula is C21H17ClN2O3S. The number of anilines is 1. The van der Waals surface area contributed by atoms with Crippen LogP contribution in [0.25, 0.3) is 11.3 Å². The second-order valence-electron chi connectivity index (χ2n) is 6.72. The van der Waals surface area contributed by atoms with Gasteiger partial charge >= 0.3 is 0 Å². The Hall–Kier alpha value is -2.54. The molecule has 0 radical (unpaired) electrons. The minimum absolute atomic E-state index is 0.0782. The van der Waals surface area contributed by atoms with Gasteiger partial charge < -0.3 is 9.87 Å². The van der Waals surface area contributed by atoms with Gasteiger partial charge in [-0.15, -0.1) is 0 Å². The Kier molecular flexibility index (Phi) is 5.02. The van der Waals surface area contributed by atoms with E-state index in [9.17, 15) is 9.00 Å². The van der Waals surface area contributed by atoms with Gasteiger partial charge in [0.15, 0.2) is 11.1 Å². The molecule has 1 aliphatic carbocycles. The highest BCUT2D eigenvalue weighted by atomic mass is 35.5. The zero-order chi connectivity index (χ0) is 19.7. The molecule has 1 fully saturated rings. The zero-order valence-electron chi connectivity index (χ0n) is 14.8. The standard InChI is InChI=1S/C21H17ClN2O3S/c22-16-8-6-15(7-9-16)21(12-13-21)20(25)24-19-3-1-2-18(23-19)14-4-10-17(11-5-14)28(26)27/h1-11H,12-13H2,(H,26,27)(H,23,24,25). The molecule has 0 bridgehead atoms. The summed E-state index contributed by atoms with van der Waals surface area (Å²) in [7, 11) is 0. The number of carbonyl (C=O) groups excluding carboxylic acids is 1. The second-order valence-corrected chi connectivity index (χ2v) is 8.13. The van der Waals surface area contributed by atoms with E-state index in [0.29, 0.717) is 21.4 Å². The lowest BCUT2D eigenvalue weighted by Gasteiger charge is -2.16. The molecule has 0 aliphatic heterocycles. The lowest BCUT2D eigenvalue weighted by molar-refractivity contribution is -0.118. The lowest BCUT2D eigenvalue weighted by atomic mass is 9.95. The van der Waals surface area contributed by atoms with Crippen molar-refractivity contribution in [2.24, 2.45) is 0 Å². The Labute approximate surface area is 170 Å². The largest absolute Gasteiger partial charge is 0.310 e. The summed E-state index contributed by atoms with van der Waals surface area (Å²) < 4.78 is 20.2. The average molecular weight is 413 g/mol. The molecule has 28 heavy (non-hydrogen) atoms. The molecule has 1 atom stereocenters. The van der Waals surface area contributed by atoms with Crippen LogP contribution in [-0.4, -0.2) is 19.7 Å². The summed E-state index contributed by atoms with van der Waals surface area (Å²) in [5, 5.41) is 3.57. The molecule has 0 spiro atoms. The molecule has 0 saturated heterocycles. The second kappa shape index (κ2) is 7.47. The number of hydrogen-bond donors (Lipinski definition) is 2. The van der Waals surface area contributed by atoms with E-state index < -0.39 is 16.5 Å². The number of pyridine rings is 1. The number of rotatable bonds is 5. The number of nitrogens with one attached hydrogen (secondary N) is 1. The van der Waals surface area contributed by atoms with Gasteiger partial charge in [0, 0.05) is 10.6 Å². The fourth-order valence-electron chi connectivity index (χ4n) is 3.18. The van der Waals surface area contributed by atoms with Crippen LogP contribution >= 0.6 is 11.6 Å². The number of halogens is 1. The number of benzene rings is 2. The molecule has 1 aromatic heterocycles. The predicted octanol–water partition coefficient (Wildman–Crippen LogP) is 4.65. The van der Waals surface area contributed by atoms with Crippen molar-refractivity contribution >= 4 is 34.4 Å². The molecule has 4 rings (SSSR count). The SMILES string of the molecule is O=C(Nc1cccc(-c2ccc(S(=O)O)cc2)n1)C1(c2ccc(Cl)cc2)CC1. The first-order valence-electron chi connectivity index (χ1n) is 8.74. The summed E-state index contributed by atoms with van der Waals surface area (Å²) in [5.74, 6) is 0.392. The van der Waals surface area contributed by atoms with Crippen molar-refractivity contribution in [3.8, 4) is 11.3 Å². The topological polar surface area (TPSA) is 79.3 Å².